The van der Waals surface area contributed by atoms with Crippen molar-refractivity contribution in [2.75, 3.05) is 0 Å². The maximum Gasteiger partial charge on any atom is 0.125 e. The highest BCUT2D eigenvalue weighted by Gasteiger charge is 2.12. The average molecular weight is 256 g/mol. The highest BCUT2D eigenvalue weighted by molar-refractivity contribution is 5.30. The molecule has 1 heterocycles. The van der Waals surface area contributed by atoms with E-state index in [-0.39, 0.29) is 0 Å². The number of aromatic nitrogens is 2. The summed E-state index contributed by atoms with van der Waals surface area (Å²) in [5.41, 5.74) is 2.78. The minimum absolute atomic E-state index is 0.605. The predicted octanol–water partition coefficient (Wildman–Crippen LogP) is 3.07. The van der Waals surface area contributed by atoms with Crippen molar-refractivity contribution in [2.45, 2.75) is 33.3 Å². The van der Waals surface area contributed by atoms with Crippen LogP contribution in [0.2, 0.25) is 0 Å². The van der Waals surface area contributed by atoms with Gasteiger partial charge in [-0.25, -0.2) is 9.97 Å². The molecule has 3 heteroatoms. The second-order valence-electron chi connectivity index (χ2n) is 5.27. The molecule has 0 amide bonds. The minimum atomic E-state index is -0.686. The summed E-state index contributed by atoms with van der Waals surface area (Å²) in [4.78, 5) is 8.33. The van der Waals surface area contributed by atoms with Crippen molar-refractivity contribution in [3.05, 3.63) is 59.2 Å². The molecular formula is C16H20N2O. The number of hydrogen-bond donors (Lipinski definition) is 1. The van der Waals surface area contributed by atoms with E-state index in [1.165, 1.54) is 5.56 Å². The van der Waals surface area contributed by atoms with Gasteiger partial charge >= 0.3 is 0 Å². The molecule has 1 atom stereocenters. The maximum absolute atomic E-state index is 10.4. The van der Waals surface area contributed by atoms with Crippen molar-refractivity contribution in [2.24, 2.45) is 5.92 Å². The molecule has 2 aromatic rings. The fourth-order valence-corrected chi connectivity index (χ4v) is 2.16. The summed E-state index contributed by atoms with van der Waals surface area (Å²) >= 11 is 0. The average Bonchev–Trinajstić information content (AvgIpc) is 2.37. The third-order valence-electron chi connectivity index (χ3n) is 2.99. The molecule has 0 aliphatic heterocycles. The lowest BCUT2D eigenvalue weighted by molar-refractivity contribution is 0.214. The highest BCUT2D eigenvalue weighted by Crippen LogP contribution is 2.21. The fraction of sp³-hybridized carbons (Fsp3) is 0.375. The minimum Gasteiger partial charge on any atom is -0.382 e. The Labute approximate surface area is 114 Å². The number of aliphatic hydroxyl groups excluding tert-OH is 1. The molecule has 0 saturated heterocycles. The first kappa shape index (κ1) is 13.7. The van der Waals surface area contributed by atoms with E-state index in [2.05, 4.69) is 35.9 Å². The second-order valence-corrected chi connectivity index (χ2v) is 5.27. The normalized spacial score (nSPS) is 12.7. The van der Waals surface area contributed by atoms with Gasteiger partial charge < -0.3 is 5.11 Å². The van der Waals surface area contributed by atoms with Crippen molar-refractivity contribution < 1.29 is 5.11 Å². The quantitative estimate of drug-likeness (QED) is 0.914. The Morgan fingerprint density at radius 2 is 2.00 bits per heavy atom. The molecule has 3 nitrogen and oxygen atoms in total. The molecule has 0 aliphatic rings. The molecule has 0 aliphatic carbocycles. The number of nitrogens with zero attached hydrogens (tertiary/aromatic N) is 2. The number of aliphatic hydroxyl groups is 1. The van der Waals surface area contributed by atoms with Crippen LogP contribution in [0.3, 0.4) is 0 Å². The molecule has 0 radical (unpaired) electrons. The van der Waals surface area contributed by atoms with E-state index in [9.17, 15) is 5.11 Å². The van der Waals surface area contributed by atoms with Crippen molar-refractivity contribution in [3.8, 4) is 0 Å². The van der Waals surface area contributed by atoms with Crippen LogP contribution in [0.25, 0.3) is 0 Å². The summed E-state index contributed by atoms with van der Waals surface area (Å²) in [6, 6.07) is 9.84. The van der Waals surface area contributed by atoms with Crippen LogP contribution < -0.4 is 0 Å². The first-order valence-electron chi connectivity index (χ1n) is 6.62. The van der Waals surface area contributed by atoms with Crippen LogP contribution >= 0.6 is 0 Å². The third-order valence-corrected chi connectivity index (χ3v) is 2.99. The fourth-order valence-electron chi connectivity index (χ4n) is 2.16. The topological polar surface area (TPSA) is 46.0 Å². The lowest BCUT2D eigenvalue weighted by atomic mass is 9.98. The van der Waals surface area contributed by atoms with Gasteiger partial charge in [0.15, 0.2) is 0 Å². The summed E-state index contributed by atoms with van der Waals surface area (Å²) in [7, 11) is 0. The van der Waals surface area contributed by atoms with Crippen molar-refractivity contribution >= 4 is 0 Å². The van der Waals surface area contributed by atoms with E-state index >= 15 is 0 Å². The van der Waals surface area contributed by atoms with Crippen LogP contribution in [0.15, 0.2) is 36.5 Å². The highest BCUT2D eigenvalue weighted by atomic mass is 16.3. The maximum atomic E-state index is 10.4. The number of benzene rings is 1. The molecule has 2 rings (SSSR count). The first-order chi connectivity index (χ1) is 9.06. The van der Waals surface area contributed by atoms with Gasteiger partial charge in [0.2, 0.25) is 0 Å². The third kappa shape index (κ3) is 3.61. The van der Waals surface area contributed by atoms with Gasteiger partial charge in [0.25, 0.3) is 0 Å². The number of aryl methyl sites for hydroxylation is 1. The van der Waals surface area contributed by atoms with Gasteiger partial charge in [-0.1, -0.05) is 38.1 Å². The Bertz CT molecular complexity index is 552. The molecule has 0 saturated carbocycles. The molecule has 1 unspecified atom stereocenters. The zero-order valence-electron chi connectivity index (χ0n) is 11.7. The van der Waals surface area contributed by atoms with Crippen LogP contribution in [-0.4, -0.2) is 15.1 Å². The molecule has 100 valence electrons. The van der Waals surface area contributed by atoms with E-state index in [1.54, 1.807) is 12.3 Å². The van der Waals surface area contributed by atoms with Crippen LogP contribution in [0.1, 0.15) is 42.6 Å². The van der Waals surface area contributed by atoms with Gasteiger partial charge in [-0.15, -0.1) is 0 Å². The van der Waals surface area contributed by atoms with Crippen molar-refractivity contribution in [3.63, 3.8) is 0 Å². The summed E-state index contributed by atoms with van der Waals surface area (Å²) in [5, 5.41) is 10.4. The van der Waals surface area contributed by atoms with Crippen molar-refractivity contribution in [1.29, 1.82) is 0 Å². The van der Waals surface area contributed by atoms with Crippen LogP contribution in [0.5, 0.6) is 0 Å². The van der Waals surface area contributed by atoms with E-state index in [1.807, 2.05) is 19.1 Å². The van der Waals surface area contributed by atoms with Gasteiger partial charge in [-0.05, 0) is 36.5 Å². The molecule has 0 fully saturated rings. The summed E-state index contributed by atoms with van der Waals surface area (Å²) in [6.07, 6.45) is 2.01. The Morgan fingerprint density at radius 3 is 2.68 bits per heavy atom. The van der Waals surface area contributed by atoms with Crippen LogP contribution in [0.4, 0.5) is 0 Å². The SMILES string of the molecule is Cc1nccc(C(O)c2cccc(CC(C)C)c2)n1. The van der Waals surface area contributed by atoms with E-state index in [0.29, 0.717) is 17.4 Å². The smallest absolute Gasteiger partial charge is 0.125 e. The molecule has 1 N–H and O–H groups in total. The Kier molecular flexibility index (Phi) is 4.27. The van der Waals surface area contributed by atoms with Gasteiger partial charge in [-0.2, -0.15) is 0 Å². The van der Waals surface area contributed by atoms with Gasteiger partial charge in [0.05, 0.1) is 5.69 Å². The number of hydrogen-bond acceptors (Lipinski definition) is 3. The molecule has 1 aromatic heterocycles. The molecule has 19 heavy (non-hydrogen) atoms. The molecular weight excluding hydrogens is 236 g/mol. The zero-order valence-corrected chi connectivity index (χ0v) is 11.7. The first-order valence-corrected chi connectivity index (χ1v) is 6.62. The van der Waals surface area contributed by atoms with E-state index in [4.69, 9.17) is 0 Å². The van der Waals surface area contributed by atoms with Gasteiger partial charge in [0, 0.05) is 6.20 Å². The largest absolute Gasteiger partial charge is 0.382 e. The second kappa shape index (κ2) is 5.93. The summed E-state index contributed by atoms with van der Waals surface area (Å²) in [5.74, 6) is 1.28. The van der Waals surface area contributed by atoms with Crippen LogP contribution in [-0.2, 0) is 6.42 Å². The van der Waals surface area contributed by atoms with Crippen molar-refractivity contribution in [1.82, 2.24) is 9.97 Å². The summed E-state index contributed by atoms with van der Waals surface area (Å²) in [6.45, 7) is 6.21. The number of rotatable bonds is 4. The lowest BCUT2D eigenvalue weighted by Crippen LogP contribution is -2.05. The Balaban J connectivity index is 2.26. The standard InChI is InChI=1S/C16H20N2O/c1-11(2)9-13-5-4-6-14(10-13)16(19)15-7-8-17-12(3)18-15/h4-8,10-11,16,19H,9H2,1-3H3. The Hall–Kier alpha value is -1.74. The Morgan fingerprint density at radius 1 is 1.21 bits per heavy atom. The lowest BCUT2D eigenvalue weighted by Gasteiger charge is -2.13. The van der Waals surface area contributed by atoms with E-state index in [0.717, 1.165) is 12.0 Å². The van der Waals surface area contributed by atoms with Gasteiger partial charge in [0.1, 0.15) is 11.9 Å². The zero-order chi connectivity index (χ0) is 13.8. The van der Waals surface area contributed by atoms with E-state index < -0.39 is 6.10 Å². The molecule has 0 bridgehead atoms. The molecule has 0 spiro atoms. The van der Waals surface area contributed by atoms with Gasteiger partial charge in [-0.3, -0.25) is 0 Å². The molecule has 1 aromatic carbocycles. The predicted molar refractivity (Wildman–Crippen MR) is 75.8 cm³/mol. The van der Waals surface area contributed by atoms with Crippen LogP contribution in [0, 0.1) is 12.8 Å². The monoisotopic (exact) mass is 256 g/mol. The summed E-state index contributed by atoms with van der Waals surface area (Å²) < 4.78 is 0.